The number of hydrogen-bond acceptors (Lipinski definition) is 5. The zero-order valence-corrected chi connectivity index (χ0v) is 8.27. The first-order valence-electron chi connectivity index (χ1n) is 4.03. The molecule has 0 aliphatic heterocycles. The molecule has 5 heteroatoms. The molecule has 0 bridgehead atoms. The lowest BCUT2D eigenvalue weighted by molar-refractivity contribution is 0.0596. The number of aromatic hydroxyl groups is 1. The van der Waals surface area contributed by atoms with Crippen LogP contribution in [0.15, 0.2) is 12.1 Å². The van der Waals surface area contributed by atoms with Gasteiger partial charge in [0.2, 0.25) is 0 Å². The second-order valence-electron chi connectivity index (χ2n) is 2.68. The summed E-state index contributed by atoms with van der Waals surface area (Å²) in [5.41, 5.74) is 0.106. The van der Waals surface area contributed by atoms with Crippen molar-refractivity contribution in [1.29, 1.82) is 5.26 Å². The van der Waals surface area contributed by atoms with Crippen molar-refractivity contribution >= 4 is 5.97 Å². The third-order valence-corrected chi connectivity index (χ3v) is 1.80. The highest BCUT2D eigenvalue weighted by molar-refractivity contribution is 5.94. The number of carbonyl (C=O) groups is 1. The number of nitriles is 1. The quantitative estimate of drug-likeness (QED) is 0.733. The highest BCUT2D eigenvalue weighted by atomic mass is 16.5. The number of esters is 1. The number of rotatable bonds is 2. The second kappa shape index (κ2) is 4.33. The van der Waals surface area contributed by atoms with Crippen LogP contribution >= 0.6 is 0 Å². The summed E-state index contributed by atoms with van der Waals surface area (Å²) < 4.78 is 9.40. The monoisotopic (exact) mass is 207 g/mol. The SMILES string of the molecule is COC(=O)c1cc(O)cc(C#N)c1OC. The highest BCUT2D eigenvalue weighted by Crippen LogP contribution is 2.28. The van der Waals surface area contributed by atoms with Gasteiger partial charge in [0, 0.05) is 6.07 Å². The Bertz CT molecular complexity index is 434. The van der Waals surface area contributed by atoms with Crippen molar-refractivity contribution in [2.75, 3.05) is 14.2 Å². The molecule has 0 atom stereocenters. The zero-order valence-electron chi connectivity index (χ0n) is 8.27. The predicted molar refractivity (Wildman–Crippen MR) is 50.7 cm³/mol. The maximum Gasteiger partial charge on any atom is 0.341 e. The lowest BCUT2D eigenvalue weighted by Crippen LogP contribution is -2.05. The summed E-state index contributed by atoms with van der Waals surface area (Å²) in [5.74, 6) is -0.755. The highest BCUT2D eigenvalue weighted by Gasteiger charge is 2.17. The van der Waals surface area contributed by atoms with Crippen molar-refractivity contribution in [2.24, 2.45) is 0 Å². The smallest absolute Gasteiger partial charge is 0.341 e. The van der Waals surface area contributed by atoms with E-state index in [-0.39, 0.29) is 22.6 Å². The molecule has 0 aliphatic carbocycles. The van der Waals surface area contributed by atoms with E-state index < -0.39 is 5.97 Å². The number of nitrogens with zero attached hydrogens (tertiary/aromatic N) is 1. The molecule has 0 aromatic heterocycles. The second-order valence-corrected chi connectivity index (χ2v) is 2.68. The van der Waals surface area contributed by atoms with Gasteiger partial charge in [0.1, 0.15) is 17.4 Å². The molecule has 0 saturated carbocycles. The molecule has 0 saturated heterocycles. The van der Waals surface area contributed by atoms with Gasteiger partial charge in [-0.15, -0.1) is 0 Å². The summed E-state index contributed by atoms with van der Waals surface area (Å²) in [4.78, 5) is 11.3. The molecule has 0 spiro atoms. The first kappa shape index (κ1) is 10.9. The molecule has 5 nitrogen and oxygen atoms in total. The van der Waals surface area contributed by atoms with E-state index >= 15 is 0 Å². The Kier molecular flexibility index (Phi) is 3.13. The molecule has 0 heterocycles. The fourth-order valence-corrected chi connectivity index (χ4v) is 1.18. The number of hydrogen-bond donors (Lipinski definition) is 1. The number of phenols is 1. The molecular weight excluding hydrogens is 198 g/mol. The average Bonchev–Trinajstić information content (AvgIpc) is 2.26. The van der Waals surface area contributed by atoms with Gasteiger partial charge in [-0.25, -0.2) is 4.79 Å². The van der Waals surface area contributed by atoms with Crippen molar-refractivity contribution in [2.45, 2.75) is 0 Å². The van der Waals surface area contributed by atoms with Crippen molar-refractivity contribution in [3.63, 3.8) is 0 Å². The normalized spacial score (nSPS) is 9.13. The van der Waals surface area contributed by atoms with Crippen LogP contribution in [0, 0.1) is 11.3 Å². The van der Waals surface area contributed by atoms with Gasteiger partial charge in [0.15, 0.2) is 5.75 Å². The summed E-state index contributed by atoms with van der Waals surface area (Å²) >= 11 is 0. The molecular formula is C10H9NO4. The van der Waals surface area contributed by atoms with Crippen LogP contribution in [0.3, 0.4) is 0 Å². The van der Waals surface area contributed by atoms with E-state index in [4.69, 9.17) is 10.00 Å². The van der Waals surface area contributed by atoms with Gasteiger partial charge in [-0.05, 0) is 6.07 Å². The Morgan fingerprint density at radius 3 is 2.60 bits per heavy atom. The average molecular weight is 207 g/mol. The van der Waals surface area contributed by atoms with Crippen LogP contribution in [0.1, 0.15) is 15.9 Å². The summed E-state index contributed by atoms with van der Waals surface area (Å²) in [6.45, 7) is 0. The van der Waals surface area contributed by atoms with Gasteiger partial charge >= 0.3 is 5.97 Å². The van der Waals surface area contributed by atoms with Crippen molar-refractivity contribution in [1.82, 2.24) is 0 Å². The molecule has 0 fully saturated rings. The largest absolute Gasteiger partial charge is 0.508 e. The Morgan fingerprint density at radius 2 is 2.13 bits per heavy atom. The Labute approximate surface area is 86.5 Å². The van der Waals surface area contributed by atoms with Crippen LogP contribution in [-0.4, -0.2) is 25.3 Å². The van der Waals surface area contributed by atoms with Gasteiger partial charge in [-0.3, -0.25) is 0 Å². The Hall–Kier alpha value is -2.22. The standard InChI is InChI=1S/C10H9NO4/c1-14-9-6(5-11)3-7(12)4-8(9)10(13)15-2/h3-4,12H,1-2H3. The number of ether oxygens (including phenoxy) is 2. The summed E-state index contributed by atoms with van der Waals surface area (Å²) in [7, 11) is 2.54. The first-order chi connectivity index (χ1) is 7.13. The van der Waals surface area contributed by atoms with Gasteiger partial charge in [0.25, 0.3) is 0 Å². The predicted octanol–water partition coefficient (Wildman–Crippen LogP) is 1.06. The molecule has 0 aliphatic rings. The Morgan fingerprint density at radius 1 is 1.47 bits per heavy atom. The number of carbonyl (C=O) groups excluding carboxylic acids is 1. The summed E-state index contributed by atoms with van der Waals surface area (Å²) in [6, 6.07) is 4.21. The maximum absolute atomic E-state index is 11.3. The molecule has 1 N–H and O–H groups in total. The maximum atomic E-state index is 11.3. The topological polar surface area (TPSA) is 79.5 Å². The minimum absolute atomic E-state index is 0.0246. The molecule has 78 valence electrons. The van der Waals surface area contributed by atoms with Crippen LogP contribution in [0.5, 0.6) is 11.5 Å². The molecule has 15 heavy (non-hydrogen) atoms. The van der Waals surface area contributed by atoms with Crippen molar-refractivity contribution in [3.8, 4) is 17.6 Å². The first-order valence-corrected chi connectivity index (χ1v) is 4.03. The number of methoxy groups -OCH3 is 2. The Balaban J connectivity index is 3.43. The minimum Gasteiger partial charge on any atom is -0.508 e. The summed E-state index contributed by atoms with van der Waals surface area (Å²) in [5, 5.41) is 18.0. The molecule has 0 unspecified atom stereocenters. The van der Waals surface area contributed by atoms with Gasteiger partial charge in [-0.1, -0.05) is 0 Å². The van der Waals surface area contributed by atoms with Gasteiger partial charge in [-0.2, -0.15) is 5.26 Å². The summed E-state index contributed by atoms with van der Waals surface area (Å²) in [6.07, 6.45) is 0. The van der Waals surface area contributed by atoms with Crippen molar-refractivity contribution < 1.29 is 19.4 Å². The minimum atomic E-state index is -0.667. The van der Waals surface area contributed by atoms with Crippen LogP contribution < -0.4 is 4.74 Å². The van der Waals surface area contributed by atoms with Crippen LogP contribution in [0.25, 0.3) is 0 Å². The third-order valence-electron chi connectivity index (χ3n) is 1.80. The molecule has 1 rings (SSSR count). The van der Waals surface area contributed by atoms with E-state index in [9.17, 15) is 9.90 Å². The van der Waals surface area contributed by atoms with E-state index in [0.717, 1.165) is 0 Å². The van der Waals surface area contributed by atoms with Crippen molar-refractivity contribution in [3.05, 3.63) is 23.3 Å². The van der Waals surface area contributed by atoms with E-state index in [1.54, 1.807) is 0 Å². The van der Waals surface area contributed by atoms with E-state index in [0.29, 0.717) is 0 Å². The number of phenolic OH excluding ortho intramolecular Hbond substituents is 1. The molecule has 0 radical (unpaired) electrons. The van der Waals surface area contributed by atoms with Gasteiger partial charge < -0.3 is 14.6 Å². The van der Waals surface area contributed by atoms with Gasteiger partial charge in [0.05, 0.1) is 19.8 Å². The molecule has 1 aromatic rings. The molecule has 1 aromatic carbocycles. The third kappa shape index (κ3) is 1.99. The lowest BCUT2D eigenvalue weighted by Gasteiger charge is -2.08. The van der Waals surface area contributed by atoms with Crippen LogP contribution in [-0.2, 0) is 4.74 Å². The van der Waals surface area contributed by atoms with E-state index in [2.05, 4.69) is 4.74 Å². The fourth-order valence-electron chi connectivity index (χ4n) is 1.18. The molecule has 0 amide bonds. The fraction of sp³-hybridized carbons (Fsp3) is 0.200. The number of benzene rings is 1. The van der Waals surface area contributed by atoms with E-state index in [1.807, 2.05) is 6.07 Å². The lowest BCUT2D eigenvalue weighted by atomic mass is 10.1. The van der Waals surface area contributed by atoms with E-state index in [1.165, 1.54) is 26.4 Å². The van der Waals surface area contributed by atoms with Crippen LogP contribution in [0.4, 0.5) is 0 Å². The zero-order chi connectivity index (χ0) is 11.4. The van der Waals surface area contributed by atoms with Crippen LogP contribution in [0.2, 0.25) is 0 Å².